The van der Waals surface area contributed by atoms with E-state index in [4.69, 9.17) is 20.9 Å². The average Bonchev–Trinajstić information content (AvgIpc) is 3.33. The van der Waals surface area contributed by atoms with Gasteiger partial charge in [-0.3, -0.25) is 4.90 Å². The minimum atomic E-state index is -0.417. The van der Waals surface area contributed by atoms with E-state index in [2.05, 4.69) is 15.5 Å². The number of hydrogen-bond acceptors (Lipinski definition) is 6. The van der Waals surface area contributed by atoms with Crippen LogP contribution in [0.1, 0.15) is 37.8 Å². The molecule has 2 aromatic carbocycles. The van der Waals surface area contributed by atoms with Crippen molar-refractivity contribution in [1.29, 1.82) is 0 Å². The Labute approximate surface area is 208 Å². The summed E-state index contributed by atoms with van der Waals surface area (Å²) in [5.41, 5.74) is 3.25. The average molecular weight is 499 g/mol. The Balaban J connectivity index is 1.73. The lowest BCUT2D eigenvalue weighted by Gasteiger charge is -2.35. The number of thioether (sulfide) groups is 1. The normalized spacial score (nSPS) is 16.2. The van der Waals surface area contributed by atoms with Crippen LogP contribution in [-0.2, 0) is 4.74 Å². The molecule has 0 bridgehead atoms. The van der Waals surface area contributed by atoms with Crippen LogP contribution >= 0.6 is 23.4 Å². The van der Waals surface area contributed by atoms with Crippen LogP contribution in [0.5, 0.6) is 0 Å². The summed E-state index contributed by atoms with van der Waals surface area (Å²) >= 11 is 7.81. The van der Waals surface area contributed by atoms with Gasteiger partial charge in [0.25, 0.3) is 5.89 Å². The molecule has 9 heteroatoms. The molecule has 0 aliphatic carbocycles. The number of allylic oxidation sites excluding steroid dienone is 1. The van der Waals surface area contributed by atoms with Crippen molar-refractivity contribution in [2.45, 2.75) is 31.2 Å². The van der Waals surface area contributed by atoms with E-state index in [1.165, 1.54) is 0 Å². The first-order valence-electron chi connectivity index (χ1n) is 11.1. The van der Waals surface area contributed by atoms with Crippen molar-refractivity contribution in [2.75, 3.05) is 26.0 Å². The SMILES string of the molecule is CCOCCCN1C(=O)NC(c2ccc(SC)cc2)C(c2nc(-c3cccc(Cl)c3)no2)=C1C. The van der Waals surface area contributed by atoms with Crippen molar-refractivity contribution in [2.24, 2.45) is 0 Å². The quantitative estimate of drug-likeness (QED) is 0.286. The van der Waals surface area contributed by atoms with E-state index in [1.807, 2.05) is 56.5 Å². The Kier molecular flexibility index (Phi) is 7.92. The number of nitrogens with one attached hydrogen (secondary N) is 1. The molecule has 2 heterocycles. The predicted molar refractivity (Wildman–Crippen MR) is 135 cm³/mol. The van der Waals surface area contributed by atoms with Crippen LogP contribution in [0, 0.1) is 0 Å². The first-order chi connectivity index (χ1) is 16.5. The van der Waals surface area contributed by atoms with Gasteiger partial charge in [-0.25, -0.2) is 4.79 Å². The molecule has 0 spiro atoms. The third-order valence-electron chi connectivity index (χ3n) is 5.66. The van der Waals surface area contributed by atoms with Crippen molar-refractivity contribution in [3.8, 4) is 11.4 Å². The highest BCUT2D eigenvalue weighted by Crippen LogP contribution is 2.38. The van der Waals surface area contributed by atoms with Crippen molar-refractivity contribution in [3.63, 3.8) is 0 Å². The number of carbonyl (C=O) groups is 1. The van der Waals surface area contributed by atoms with Gasteiger partial charge >= 0.3 is 6.03 Å². The Hall–Kier alpha value is -2.81. The Morgan fingerprint density at radius 2 is 2.03 bits per heavy atom. The molecule has 7 nitrogen and oxygen atoms in total. The number of ether oxygens (including phenoxy) is 1. The van der Waals surface area contributed by atoms with Crippen molar-refractivity contribution >= 4 is 35.0 Å². The largest absolute Gasteiger partial charge is 0.382 e. The zero-order valence-electron chi connectivity index (χ0n) is 19.4. The van der Waals surface area contributed by atoms with E-state index < -0.39 is 6.04 Å². The van der Waals surface area contributed by atoms with Gasteiger partial charge < -0.3 is 14.6 Å². The molecule has 34 heavy (non-hydrogen) atoms. The summed E-state index contributed by atoms with van der Waals surface area (Å²) < 4.78 is 11.2. The van der Waals surface area contributed by atoms with E-state index in [0.717, 1.165) is 33.7 Å². The van der Waals surface area contributed by atoms with Gasteiger partial charge in [0.2, 0.25) is 5.82 Å². The molecule has 0 saturated carbocycles. The Morgan fingerprint density at radius 3 is 2.74 bits per heavy atom. The zero-order valence-corrected chi connectivity index (χ0v) is 20.9. The standard InChI is InChI=1S/C25H27ClN4O3S/c1-4-32-14-6-13-30-16(2)21(22(27-25(30)31)17-9-11-20(34-3)12-10-17)24-28-23(29-33-24)18-7-5-8-19(26)15-18/h5,7-12,15,22H,4,6,13-14H2,1-3H3,(H,27,31). The van der Waals surface area contributed by atoms with E-state index >= 15 is 0 Å². The maximum atomic E-state index is 13.1. The van der Waals surface area contributed by atoms with E-state index in [0.29, 0.717) is 36.5 Å². The molecule has 4 rings (SSSR count). The van der Waals surface area contributed by atoms with Crippen LogP contribution in [0.4, 0.5) is 4.79 Å². The fraction of sp³-hybridized carbons (Fsp3) is 0.320. The molecule has 0 radical (unpaired) electrons. The number of aromatic nitrogens is 2. The monoisotopic (exact) mass is 498 g/mol. The van der Waals surface area contributed by atoms with Gasteiger partial charge in [0.05, 0.1) is 11.6 Å². The molecule has 1 N–H and O–H groups in total. The number of hydrogen-bond donors (Lipinski definition) is 1. The summed E-state index contributed by atoms with van der Waals surface area (Å²) in [6.07, 6.45) is 2.75. The molecule has 1 aliphatic rings. The van der Waals surface area contributed by atoms with Gasteiger partial charge in [0, 0.05) is 40.9 Å². The molecule has 2 amide bonds. The van der Waals surface area contributed by atoms with Gasteiger partial charge in [0.15, 0.2) is 0 Å². The molecule has 1 aliphatic heterocycles. The fourth-order valence-corrected chi connectivity index (χ4v) is 4.52. The third-order valence-corrected chi connectivity index (χ3v) is 6.64. The lowest BCUT2D eigenvalue weighted by molar-refractivity contribution is 0.136. The molecule has 1 atom stereocenters. The molecular formula is C25H27ClN4O3S. The first kappa shape index (κ1) is 24.3. The summed E-state index contributed by atoms with van der Waals surface area (Å²) in [5.74, 6) is 0.801. The highest BCUT2D eigenvalue weighted by atomic mass is 35.5. The lowest BCUT2D eigenvalue weighted by atomic mass is 9.94. The molecular weight excluding hydrogens is 472 g/mol. The first-order valence-corrected chi connectivity index (χ1v) is 12.7. The fourth-order valence-electron chi connectivity index (χ4n) is 3.92. The second-order valence-electron chi connectivity index (χ2n) is 7.79. The molecule has 1 aromatic heterocycles. The van der Waals surface area contributed by atoms with Crippen LogP contribution < -0.4 is 5.32 Å². The van der Waals surface area contributed by atoms with Crippen LogP contribution in [0.15, 0.2) is 63.6 Å². The topological polar surface area (TPSA) is 80.5 Å². The second kappa shape index (κ2) is 11.1. The van der Waals surface area contributed by atoms with Crippen LogP contribution in [0.2, 0.25) is 5.02 Å². The van der Waals surface area contributed by atoms with E-state index in [9.17, 15) is 4.79 Å². The van der Waals surface area contributed by atoms with Gasteiger partial charge in [0.1, 0.15) is 0 Å². The van der Waals surface area contributed by atoms with Crippen LogP contribution in [0.3, 0.4) is 0 Å². The van der Waals surface area contributed by atoms with Gasteiger partial charge in [-0.2, -0.15) is 4.98 Å². The number of carbonyl (C=O) groups excluding carboxylic acids is 1. The highest BCUT2D eigenvalue weighted by molar-refractivity contribution is 7.98. The number of nitrogens with zero attached hydrogens (tertiary/aromatic N) is 3. The maximum Gasteiger partial charge on any atom is 0.322 e. The van der Waals surface area contributed by atoms with Crippen LogP contribution in [-0.4, -0.2) is 47.1 Å². The summed E-state index contributed by atoms with van der Waals surface area (Å²) in [6, 6.07) is 14.8. The predicted octanol–water partition coefficient (Wildman–Crippen LogP) is 6.04. The van der Waals surface area contributed by atoms with Crippen molar-refractivity contribution in [3.05, 3.63) is 70.7 Å². The lowest BCUT2D eigenvalue weighted by Crippen LogP contribution is -2.46. The molecule has 0 saturated heterocycles. The highest BCUT2D eigenvalue weighted by Gasteiger charge is 2.35. The minimum absolute atomic E-state index is 0.161. The second-order valence-corrected chi connectivity index (χ2v) is 9.11. The minimum Gasteiger partial charge on any atom is -0.382 e. The van der Waals surface area contributed by atoms with Crippen molar-refractivity contribution < 1.29 is 14.1 Å². The number of rotatable bonds is 9. The van der Waals surface area contributed by atoms with Gasteiger partial charge in [-0.1, -0.05) is 41.0 Å². The Bertz CT molecular complexity index is 1180. The summed E-state index contributed by atoms with van der Waals surface area (Å²) in [6.45, 7) is 5.63. The van der Waals surface area contributed by atoms with E-state index in [-0.39, 0.29) is 6.03 Å². The van der Waals surface area contributed by atoms with Crippen molar-refractivity contribution in [1.82, 2.24) is 20.4 Å². The Morgan fingerprint density at radius 1 is 1.24 bits per heavy atom. The number of urea groups is 1. The molecule has 0 fully saturated rings. The maximum absolute atomic E-state index is 13.1. The van der Waals surface area contributed by atoms with Crippen LogP contribution in [0.25, 0.3) is 17.0 Å². The zero-order chi connectivity index (χ0) is 24.1. The molecule has 178 valence electrons. The van der Waals surface area contributed by atoms with E-state index in [1.54, 1.807) is 28.8 Å². The number of benzene rings is 2. The van der Waals surface area contributed by atoms with Gasteiger partial charge in [-0.05, 0) is 56.4 Å². The third kappa shape index (κ3) is 5.29. The smallest absolute Gasteiger partial charge is 0.322 e. The summed E-state index contributed by atoms with van der Waals surface area (Å²) in [4.78, 5) is 20.6. The molecule has 3 aromatic rings. The number of amides is 2. The summed E-state index contributed by atoms with van der Waals surface area (Å²) in [5, 5.41) is 7.91. The number of halogens is 1. The van der Waals surface area contributed by atoms with Gasteiger partial charge in [-0.15, -0.1) is 11.8 Å². The molecule has 1 unspecified atom stereocenters. The summed E-state index contributed by atoms with van der Waals surface area (Å²) in [7, 11) is 0.